The molecule has 0 bridgehead atoms. The number of methoxy groups -OCH3 is 1. The van der Waals surface area contributed by atoms with E-state index in [0.29, 0.717) is 29.3 Å². The van der Waals surface area contributed by atoms with Crippen molar-refractivity contribution in [3.63, 3.8) is 0 Å². The number of hydrogen-bond donors (Lipinski definition) is 2. The highest BCUT2D eigenvalue weighted by molar-refractivity contribution is 7.17. The van der Waals surface area contributed by atoms with E-state index in [0.717, 1.165) is 41.7 Å². The van der Waals surface area contributed by atoms with E-state index in [4.69, 9.17) is 13.9 Å². The molecule has 2 amide bonds. The van der Waals surface area contributed by atoms with Gasteiger partial charge in [-0.15, -0.1) is 11.3 Å². The van der Waals surface area contributed by atoms with E-state index >= 15 is 0 Å². The third kappa shape index (κ3) is 5.37. The SMILES string of the molecule is COCCNC(=O)c1c(NC(=O)COC(=O)c2occc2-c2ccccc2)sc2c1CCCC2. The van der Waals surface area contributed by atoms with Crippen LogP contribution in [0.25, 0.3) is 11.1 Å². The van der Waals surface area contributed by atoms with Crippen molar-refractivity contribution in [1.29, 1.82) is 0 Å². The number of ether oxygens (including phenoxy) is 2. The third-order valence-corrected chi connectivity index (χ3v) is 6.72. The number of carbonyl (C=O) groups is 3. The number of thiophene rings is 1. The van der Waals surface area contributed by atoms with Crippen molar-refractivity contribution in [2.75, 3.05) is 32.2 Å². The highest BCUT2D eigenvalue weighted by Gasteiger charge is 2.27. The van der Waals surface area contributed by atoms with Crippen molar-refractivity contribution in [3.05, 3.63) is 64.4 Å². The van der Waals surface area contributed by atoms with Crippen LogP contribution >= 0.6 is 11.3 Å². The first-order valence-electron chi connectivity index (χ1n) is 11.1. The summed E-state index contributed by atoms with van der Waals surface area (Å²) in [6.45, 7) is 0.270. The van der Waals surface area contributed by atoms with Gasteiger partial charge in [-0.05, 0) is 42.9 Å². The Balaban J connectivity index is 1.43. The summed E-state index contributed by atoms with van der Waals surface area (Å²) in [5.74, 6) is -1.47. The monoisotopic (exact) mass is 482 g/mol. The number of esters is 1. The fourth-order valence-corrected chi connectivity index (χ4v) is 5.22. The van der Waals surface area contributed by atoms with Gasteiger partial charge in [0.25, 0.3) is 11.8 Å². The Bertz CT molecular complexity index is 1170. The maximum absolute atomic E-state index is 12.8. The van der Waals surface area contributed by atoms with Crippen LogP contribution in [0.3, 0.4) is 0 Å². The molecule has 2 aromatic heterocycles. The predicted octanol–water partition coefficient (Wildman–Crippen LogP) is 4.06. The standard InChI is InChI=1S/C25H26N2O6S/c1-31-14-12-26-23(29)21-18-9-5-6-10-19(18)34-24(21)27-20(28)15-33-25(30)22-17(11-13-32-22)16-7-3-2-4-8-16/h2-4,7-8,11,13H,5-6,9-10,12,14-15H2,1H3,(H,26,29)(H,27,28). The van der Waals surface area contributed by atoms with Crippen molar-refractivity contribution < 1.29 is 28.3 Å². The lowest BCUT2D eigenvalue weighted by molar-refractivity contribution is -0.119. The molecule has 2 N–H and O–H groups in total. The van der Waals surface area contributed by atoms with Crippen LogP contribution in [-0.2, 0) is 27.1 Å². The number of hydrogen-bond acceptors (Lipinski definition) is 7. The molecule has 178 valence electrons. The molecule has 0 unspecified atom stereocenters. The second-order valence-corrected chi connectivity index (χ2v) is 8.92. The first-order chi connectivity index (χ1) is 16.6. The van der Waals surface area contributed by atoms with Crippen molar-refractivity contribution in [2.24, 2.45) is 0 Å². The van der Waals surface area contributed by atoms with Crippen molar-refractivity contribution in [2.45, 2.75) is 25.7 Å². The number of carbonyl (C=O) groups excluding carboxylic acids is 3. The number of nitrogens with one attached hydrogen (secondary N) is 2. The lowest BCUT2D eigenvalue weighted by Crippen LogP contribution is -2.29. The molecule has 3 aromatic rings. The van der Waals surface area contributed by atoms with Gasteiger partial charge in [-0.1, -0.05) is 30.3 Å². The number of fused-ring (bicyclic) bond motifs is 1. The second-order valence-electron chi connectivity index (χ2n) is 7.82. The molecule has 8 nitrogen and oxygen atoms in total. The Morgan fingerprint density at radius 2 is 1.88 bits per heavy atom. The first-order valence-corrected chi connectivity index (χ1v) is 11.9. The predicted molar refractivity (Wildman–Crippen MR) is 128 cm³/mol. The minimum Gasteiger partial charge on any atom is -0.457 e. The Labute approximate surface area is 201 Å². The Kier molecular flexibility index (Phi) is 7.76. The summed E-state index contributed by atoms with van der Waals surface area (Å²) in [5.41, 5.74) is 2.88. The maximum Gasteiger partial charge on any atom is 0.375 e. The molecule has 1 aromatic carbocycles. The topological polar surface area (TPSA) is 107 Å². The minimum atomic E-state index is -0.734. The van der Waals surface area contributed by atoms with Crippen LogP contribution in [0.15, 0.2) is 47.1 Å². The quantitative estimate of drug-likeness (QED) is 0.352. The largest absolute Gasteiger partial charge is 0.457 e. The Hall–Kier alpha value is -3.43. The normalized spacial score (nSPS) is 12.6. The maximum atomic E-state index is 12.8. The lowest BCUT2D eigenvalue weighted by atomic mass is 9.95. The van der Waals surface area contributed by atoms with Crippen molar-refractivity contribution >= 4 is 34.1 Å². The summed E-state index contributed by atoms with van der Waals surface area (Å²) in [6.07, 6.45) is 5.13. The molecule has 0 atom stereocenters. The van der Waals surface area contributed by atoms with Gasteiger partial charge in [0.1, 0.15) is 5.00 Å². The summed E-state index contributed by atoms with van der Waals surface area (Å²) >= 11 is 1.41. The highest BCUT2D eigenvalue weighted by Crippen LogP contribution is 2.38. The van der Waals surface area contributed by atoms with Gasteiger partial charge < -0.3 is 24.5 Å². The third-order valence-electron chi connectivity index (χ3n) is 5.51. The van der Waals surface area contributed by atoms with Gasteiger partial charge in [-0.3, -0.25) is 9.59 Å². The number of amides is 2. The zero-order chi connectivity index (χ0) is 23.9. The first kappa shape index (κ1) is 23.7. The number of benzene rings is 1. The number of furan rings is 1. The molecule has 34 heavy (non-hydrogen) atoms. The van der Waals surface area contributed by atoms with Gasteiger partial charge >= 0.3 is 5.97 Å². The fourth-order valence-electron chi connectivity index (χ4n) is 3.92. The molecule has 0 radical (unpaired) electrons. The molecule has 1 aliphatic rings. The number of rotatable bonds is 9. The van der Waals surface area contributed by atoms with E-state index in [1.807, 2.05) is 30.3 Å². The smallest absolute Gasteiger partial charge is 0.375 e. The summed E-state index contributed by atoms with van der Waals surface area (Å²) in [7, 11) is 1.57. The van der Waals surface area contributed by atoms with Gasteiger partial charge in [0.2, 0.25) is 5.76 Å². The van der Waals surface area contributed by atoms with Crippen LogP contribution in [0, 0.1) is 0 Å². The summed E-state index contributed by atoms with van der Waals surface area (Å²) < 4.78 is 15.5. The van der Waals surface area contributed by atoms with Crippen molar-refractivity contribution in [3.8, 4) is 11.1 Å². The molecular weight excluding hydrogens is 456 g/mol. The number of aryl methyl sites for hydroxylation is 1. The zero-order valence-electron chi connectivity index (χ0n) is 18.8. The van der Waals surface area contributed by atoms with E-state index in [2.05, 4.69) is 10.6 Å². The van der Waals surface area contributed by atoms with Crippen LogP contribution in [0.5, 0.6) is 0 Å². The van der Waals surface area contributed by atoms with Crippen LogP contribution < -0.4 is 10.6 Å². The molecule has 9 heteroatoms. The van der Waals surface area contributed by atoms with E-state index in [-0.39, 0.29) is 11.7 Å². The number of anilines is 1. The van der Waals surface area contributed by atoms with Gasteiger partial charge in [0, 0.05) is 24.1 Å². The van der Waals surface area contributed by atoms with E-state index in [1.165, 1.54) is 17.6 Å². The molecule has 1 aliphatic carbocycles. The minimum absolute atomic E-state index is 0.0313. The highest BCUT2D eigenvalue weighted by atomic mass is 32.1. The average molecular weight is 483 g/mol. The van der Waals surface area contributed by atoms with Crippen LogP contribution in [0.1, 0.15) is 44.2 Å². The summed E-state index contributed by atoms with van der Waals surface area (Å²) in [5, 5.41) is 6.08. The summed E-state index contributed by atoms with van der Waals surface area (Å²) in [6, 6.07) is 11.0. The molecular formula is C25H26N2O6S. The average Bonchev–Trinajstić information content (AvgIpc) is 3.48. The van der Waals surface area contributed by atoms with Gasteiger partial charge in [0.05, 0.1) is 18.4 Å². The van der Waals surface area contributed by atoms with Gasteiger partial charge in [-0.25, -0.2) is 4.79 Å². The molecule has 0 fully saturated rings. The van der Waals surface area contributed by atoms with Gasteiger partial charge in [0.15, 0.2) is 6.61 Å². The second kappa shape index (κ2) is 11.1. The van der Waals surface area contributed by atoms with Crippen LogP contribution in [0.2, 0.25) is 0 Å². The molecule has 0 aliphatic heterocycles. The molecule has 0 spiro atoms. The summed E-state index contributed by atoms with van der Waals surface area (Å²) in [4.78, 5) is 39.1. The molecule has 2 heterocycles. The van der Waals surface area contributed by atoms with Crippen LogP contribution in [-0.4, -0.2) is 44.7 Å². The van der Waals surface area contributed by atoms with E-state index in [1.54, 1.807) is 13.2 Å². The molecule has 0 saturated heterocycles. The Morgan fingerprint density at radius 3 is 2.68 bits per heavy atom. The van der Waals surface area contributed by atoms with Crippen LogP contribution in [0.4, 0.5) is 5.00 Å². The lowest BCUT2D eigenvalue weighted by Gasteiger charge is -2.13. The molecule has 4 rings (SSSR count). The van der Waals surface area contributed by atoms with E-state index in [9.17, 15) is 14.4 Å². The molecule has 0 saturated carbocycles. The fraction of sp³-hybridized carbons (Fsp3) is 0.320. The van der Waals surface area contributed by atoms with Crippen molar-refractivity contribution in [1.82, 2.24) is 5.32 Å². The Morgan fingerprint density at radius 1 is 1.09 bits per heavy atom. The van der Waals surface area contributed by atoms with Gasteiger partial charge in [-0.2, -0.15) is 0 Å². The van der Waals surface area contributed by atoms with E-state index < -0.39 is 18.5 Å². The zero-order valence-corrected chi connectivity index (χ0v) is 19.7.